The van der Waals surface area contributed by atoms with Gasteiger partial charge in [-0.05, 0) is 94.6 Å². The molecule has 250 valence electrons. The van der Waals surface area contributed by atoms with Crippen LogP contribution in [0, 0.1) is 0 Å². The minimum atomic E-state index is -0.382. The highest BCUT2D eigenvalue weighted by Gasteiger charge is 2.51. The summed E-state index contributed by atoms with van der Waals surface area (Å²) >= 11 is 0. The van der Waals surface area contributed by atoms with E-state index in [0.717, 1.165) is 0 Å². The smallest absolute Gasteiger partial charge is 0.0622 e. The fraction of sp³-hybridized carbons (Fsp3) is 0.0943. The first-order chi connectivity index (χ1) is 26.0. The summed E-state index contributed by atoms with van der Waals surface area (Å²) in [6, 6.07) is 71.0. The predicted molar refractivity (Wildman–Crippen MR) is 220 cm³/mol. The van der Waals surface area contributed by atoms with E-state index in [-0.39, 0.29) is 16.7 Å². The van der Waals surface area contributed by atoms with E-state index in [4.69, 9.17) is 0 Å². The van der Waals surface area contributed by atoms with Crippen molar-refractivity contribution in [1.29, 1.82) is 0 Å². The Labute approximate surface area is 312 Å². The van der Waals surface area contributed by atoms with Gasteiger partial charge >= 0.3 is 0 Å². The van der Waals surface area contributed by atoms with Gasteiger partial charge in [0.25, 0.3) is 0 Å². The molecule has 1 spiro atoms. The summed E-state index contributed by atoms with van der Waals surface area (Å²) in [7, 11) is 0. The van der Waals surface area contributed by atoms with Crippen molar-refractivity contribution in [2.75, 3.05) is 0 Å². The standard InChI is InChI=1S/C53H38/c1-52(2)45-23-10-6-19-39(45)43-29-27-37(32-49(43)52)51(36-18-14-17-35(31-36)34-15-4-3-5-16-34)38-28-30-44-42-22-9-13-26-48(42)53(50(44)33-38)46-24-11-7-20-40(46)41-21-8-12-25-47(41)53/h3-33,51H,1-2H3. The lowest BCUT2D eigenvalue weighted by atomic mass is 9.69. The maximum absolute atomic E-state index is 2.57. The molecule has 0 saturated carbocycles. The number of hydrogen-bond donors (Lipinski definition) is 0. The third-order valence-corrected chi connectivity index (χ3v) is 12.6. The summed E-state index contributed by atoms with van der Waals surface area (Å²) in [5.74, 6) is 0.0291. The molecule has 8 aromatic carbocycles. The Hall–Kier alpha value is -6.24. The Morgan fingerprint density at radius 3 is 1.30 bits per heavy atom. The number of hydrogen-bond acceptors (Lipinski definition) is 0. The Bertz CT molecular complexity index is 2700. The van der Waals surface area contributed by atoms with Crippen LogP contribution in [0.4, 0.5) is 0 Å². The summed E-state index contributed by atoms with van der Waals surface area (Å²) in [6.07, 6.45) is 0. The molecule has 3 aliphatic carbocycles. The molecule has 53 heavy (non-hydrogen) atoms. The quantitative estimate of drug-likeness (QED) is 0.163. The van der Waals surface area contributed by atoms with Crippen molar-refractivity contribution in [3.8, 4) is 44.5 Å². The molecule has 11 rings (SSSR count). The number of benzene rings is 8. The lowest BCUT2D eigenvalue weighted by Crippen LogP contribution is -2.26. The minimum absolute atomic E-state index is 0.0291. The Morgan fingerprint density at radius 2 is 0.717 bits per heavy atom. The summed E-state index contributed by atoms with van der Waals surface area (Å²) < 4.78 is 0. The highest BCUT2D eigenvalue weighted by atomic mass is 14.5. The van der Waals surface area contributed by atoms with Gasteiger partial charge in [0.05, 0.1) is 5.41 Å². The maximum atomic E-state index is 2.57. The monoisotopic (exact) mass is 674 g/mol. The van der Waals surface area contributed by atoms with E-state index in [9.17, 15) is 0 Å². The van der Waals surface area contributed by atoms with Crippen LogP contribution in [0.25, 0.3) is 44.5 Å². The second kappa shape index (κ2) is 11.1. The molecule has 0 heteroatoms. The molecule has 0 fully saturated rings. The minimum Gasteiger partial charge on any atom is -0.0622 e. The van der Waals surface area contributed by atoms with E-state index in [0.29, 0.717) is 0 Å². The highest BCUT2D eigenvalue weighted by molar-refractivity contribution is 5.95. The molecular weight excluding hydrogens is 637 g/mol. The zero-order valence-corrected chi connectivity index (χ0v) is 30.0. The van der Waals surface area contributed by atoms with Crippen LogP contribution in [0.5, 0.6) is 0 Å². The van der Waals surface area contributed by atoms with Gasteiger partial charge in [-0.2, -0.15) is 0 Å². The Kier molecular flexibility index (Phi) is 6.38. The number of fused-ring (bicyclic) bond motifs is 13. The van der Waals surface area contributed by atoms with Crippen molar-refractivity contribution in [1.82, 2.24) is 0 Å². The van der Waals surface area contributed by atoms with E-state index < -0.39 is 0 Å². The predicted octanol–water partition coefficient (Wildman–Crippen LogP) is 13.2. The van der Waals surface area contributed by atoms with E-state index in [1.807, 2.05) is 0 Å². The van der Waals surface area contributed by atoms with Crippen molar-refractivity contribution in [3.05, 3.63) is 238 Å². The van der Waals surface area contributed by atoms with Crippen LogP contribution in [0.15, 0.2) is 188 Å². The van der Waals surface area contributed by atoms with Gasteiger partial charge in [0.2, 0.25) is 0 Å². The van der Waals surface area contributed by atoms with Crippen LogP contribution in [0.1, 0.15) is 69.8 Å². The first-order valence-electron chi connectivity index (χ1n) is 18.9. The highest BCUT2D eigenvalue weighted by Crippen LogP contribution is 2.63. The molecule has 0 nitrogen and oxygen atoms in total. The van der Waals surface area contributed by atoms with E-state index in [1.165, 1.54) is 94.6 Å². The zero-order chi connectivity index (χ0) is 35.3. The first kappa shape index (κ1) is 30.4. The van der Waals surface area contributed by atoms with Gasteiger partial charge < -0.3 is 0 Å². The third kappa shape index (κ3) is 4.12. The molecule has 0 bridgehead atoms. The van der Waals surface area contributed by atoms with Crippen molar-refractivity contribution in [3.63, 3.8) is 0 Å². The molecule has 1 unspecified atom stereocenters. The maximum Gasteiger partial charge on any atom is 0.0725 e. The molecule has 1 atom stereocenters. The largest absolute Gasteiger partial charge is 0.0725 e. The Morgan fingerprint density at radius 1 is 0.302 bits per heavy atom. The van der Waals surface area contributed by atoms with Crippen LogP contribution in [0.3, 0.4) is 0 Å². The fourth-order valence-electron chi connectivity index (χ4n) is 10.3. The van der Waals surface area contributed by atoms with Crippen LogP contribution in [-0.4, -0.2) is 0 Å². The zero-order valence-electron chi connectivity index (χ0n) is 30.0. The SMILES string of the molecule is CC1(C)c2ccccc2-c2ccc(C(c3cccc(-c4ccccc4)c3)c3ccc4c(c3)C3(c5ccccc5-c5ccccc53)c3ccccc3-4)cc21. The molecule has 3 aliphatic rings. The second-order valence-electron chi connectivity index (χ2n) is 15.6. The average molecular weight is 675 g/mol. The summed E-state index contributed by atoms with van der Waals surface area (Å²) in [4.78, 5) is 0. The normalized spacial score (nSPS) is 15.2. The summed E-state index contributed by atoms with van der Waals surface area (Å²) in [5, 5.41) is 0. The van der Waals surface area contributed by atoms with E-state index in [1.54, 1.807) is 0 Å². The lowest BCUT2D eigenvalue weighted by molar-refractivity contribution is 0.659. The lowest BCUT2D eigenvalue weighted by Gasteiger charge is -2.31. The van der Waals surface area contributed by atoms with E-state index in [2.05, 4.69) is 202 Å². The molecule has 0 aromatic heterocycles. The van der Waals surface area contributed by atoms with Crippen molar-refractivity contribution in [2.24, 2.45) is 0 Å². The average Bonchev–Trinajstić information content (AvgIpc) is 3.77. The topological polar surface area (TPSA) is 0 Å². The van der Waals surface area contributed by atoms with Gasteiger partial charge in [0, 0.05) is 11.3 Å². The van der Waals surface area contributed by atoms with Crippen LogP contribution in [-0.2, 0) is 10.8 Å². The molecule has 0 radical (unpaired) electrons. The molecule has 0 aliphatic heterocycles. The second-order valence-corrected chi connectivity index (χ2v) is 15.6. The number of rotatable bonds is 4. The fourth-order valence-corrected chi connectivity index (χ4v) is 10.3. The molecule has 0 N–H and O–H groups in total. The molecule has 0 saturated heterocycles. The molecular formula is C53H38. The first-order valence-corrected chi connectivity index (χ1v) is 18.9. The Balaban J connectivity index is 1.17. The van der Waals surface area contributed by atoms with Crippen LogP contribution >= 0.6 is 0 Å². The van der Waals surface area contributed by atoms with Gasteiger partial charge in [-0.3, -0.25) is 0 Å². The van der Waals surface area contributed by atoms with Crippen molar-refractivity contribution in [2.45, 2.75) is 30.6 Å². The van der Waals surface area contributed by atoms with Crippen LogP contribution < -0.4 is 0 Å². The van der Waals surface area contributed by atoms with Gasteiger partial charge in [0.1, 0.15) is 0 Å². The summed E-state index contributed by atoms with van der Waals surface area (Å²) in [6.45, 7) is 4.77. The van der Waals surface area contributed by atoms with Crippen molar-refractivity contribution >= 4 is 0 Å². The molecule has 0 heterocycles. The van der Waals surface area contributed by atoms with Gasteiger partial charge in [-0.1, -0.05) is 202 Å². The summed E-state index contributed by atoms with van der Waals surface area (Å²) in [5.41, 5.74) is 22.3. The molecule has 0 amide bonds. The molecule has 8 aromatic rings. The van der Waals surface area contributed by atoms with Crippen molar-refractivity contribution < 1.29 is 0 Å². The van der Waals surface area contributed by atoms with Gasteiger partial charge in [0.15, 0.2) is 0 Å². The van der Waals surface area contributed by atoms with E-state index >= 15 is 0 Å². The van der Waals surface area contributed by atoms with Gasteiger partial charge in [-0.25, -0.2) is 0 Å². The third-order valence-electron chi connectivity index (χ3n) is 12.6. The van der Waals surface area contributed by atoms with Crippen LogP contribution in [0.2, 0.25) is 0 Å². The van der Waals surface area contributed by atoms with Gasteiger partial charge in [-0.15, -0.1) is 0 Å².